The number of hydrogen-bond donors (Lipinski definition) is 0. The molecular formula is C23H17N3O4. The molecule has 4 aromatic rings. The van der Waals surface area contributed by atoms with Gasteiger partial charge in [-0.25, -0.2) is 9.48 Å². The number of nitrogens with zero attached hydrogens (tertiary/aromatic N) is 3. The third kappa shape index (κ3) is 4.10. The quantitative estimate of drug-likeness (QED) is 0.264. The molecule has 0 aliphatic carbocycles. The number of aromatic nitrogens is 2. The third-order valence-corrected chi connectivity index (χ3v) is 4.53. The molecule has 0 saturated carbocycles. The van der Waals surface area contributed by atoms with Gasteiger partial charge in [-0.2, -0.15) is 5.10 Å². The second kappa shape index (κ2) is 8.40. The van der Waals surface area contributed by atoms with Crippen LogP contribution < -0.4 is 0 Å². The smallest absolute Gasteiger partial charge is 0.338 e. The highest BCUT2D eigenvalue weighted by molar-refractivity contribution is 5.89. The molecule has 0 bridgehead atoms. The van der Waals surface area contributed by atoms with E-state index in [-0.39, 0.29) is 17.9 Å². The molecule has 148 valence electrons. The molecule has 0 aliphatic rings. The van der Waals surface area contributed by atoms with E-state index < -0.39 is 10.9 Å². The van der Waals surface area contributed by atoms with Crippen LogP contribution in [-0.4, -0.2) is 20.7 Å². The first kappa shape index (κ1) is 19.1. The Kier molecular flexibility index (Phi) is 5.34. The van der Waals surface area contributed by atoms with Crippen LogP contribution in [-0.2, 0) is 11.3 Å². The Morgan fingerprint density at radius 1 is 0.933 bits per heavy atom. The van der Waals surface area contributed by atoms with Gasteiger partial charge in [-0.05, 0) is 24.3 Å². The Hall–Kier alpha value is -4.26. The number of carbonyl (C=O) groups is 1. The van der Waals surface area contributed by atoms with E-state index in [1.807, 2.05) is 66.9 Å². The summed E-state index contributed by atoms with van der Waals surface area (Å²) in [4.78, 5) is 22.7. The lowest BCUT2D eigenvalue weighted by Crippen LogP contribution is -2.05. The van der Waals surface area contributed by atoms with Crippen molar-refractivity contribution in [1.82, 2.24) is 9.78 Å². The van der Waals surface area contributed by atoms with Crippen LogP contribution in [0.15, 0.2) is 91.1 Å². The van der Waals surface area contributed by atoms with Crippen molar-refractivity contribution in [3.8, 4) is 16.9 Å². The van der Waals surface area contributed by atoms with Gasteiger partial charge < -0.3 is 4.74 Å². The van der Waals surface area contributed by atoms with Crippen LogP contribution in [0, 0.1) is 10.1 Å². The Morgan fingerprint density at radius 2 is 1.57 bits per heavy atom. The Morgan fingerprint density at radius 3 is 2.20 bits per heavy atom. The largest absolute Gasteiger partial charge is 0.457 e. The lowest BCUT2D eigenvalue weighted by molar-refractivity contribution is -0.384. The van der Waals surface area contributed by atoms with Crippen molar-refractivity contribution in [1.29, 1.82) is 0 Å². The minimum Gasteiger partial charge on any atom is -0.457 e. The predicted octanol–water partition coefficient (Wildman–Crippen LogP) is 4.80. The molecule has 0 fully saturated rings. The van der Waals surface area contributed by atoms with Crippen LogP contribution >= 0.6 is 0 Å². The van der Waals surface area contributed by atoms with Gasteiger partial charge in [0.25, 0.3) is 5.69 Å². The number of nitro benzene ring substituents is 1. The van der Waals surface area contributed by atoms with Gasteiger partial charge in [-0.1, -0.05) is 48.5 Å². The molecule has 30 heavy (non-hydrogen) atoms. The number of non-ortho nitro benzene ring substituents is 1. The minimum absolute atomic E-state index is 0.0207. The molecule has 3 aromatic carbocycles. The molecular weight excluding hydrogens is 382 g/mol. The average molecular weight is 399 g/mol. The second-order valence-electron chi connectivity index (χ2n) is 6.53. The highest BCUT2D eigenvalue weighted by atomic mass is 16.6. The first-order chi connectivity index (χ1) is 14.6. The first-order valence-corrected chi connectivity index (χ1v) is 9.23. The summed E-state index contributed by atoms with van der Waals surface area (Å²) in [5, 5.41) is 15.4. The maximum absolute atomic E-state index is 12.4. The fraction of sp³-hybridized carbons (Fsp3) is 0.0435. The number of benzene rings is 3. The maximum atomic E-state index is 12.4. The molecule has 0 unspecified atom stereocenters. The number of esters is 1. The Bertz CT molecular complexity index is 1170. The molecule has 7 nitrogen and oxygen atoms in total. The van der Waals surface area contributed by atoms with Crippen molar-refractivity contribution < 1.29 is 14.5 Å². The van der Waals surface area contributed by atoms with Gasteiger partial charge in [0.15, 0.2) is 0 Å². The van der Waals surface area contributed by atoms with Crippen molar-refractivity contribution >= 4 is 11.7 Å². The lowest BCUT2D eigenvalue weighted by Gasteiger charge is -2.05. The zero-order valence-corrected chi connectivity index (χ0v) is 15.8. The molecule has 1 aromatic heterocycles. The van der Waals surface area contributed by atoms with Gasteiger partial charge in [0, 0.05) is 29.5 Å². The summed E-state index contributed by atoms with van der Waals surface area (Å²) in [6.45, 7) is 0.0207. The summed E-state index contributed by atoms with van der Waals surface area (Å²) in [5.41, 5.74) is 3.44. The van der Waals surface area contributed by atoms with E-state index in [0.29, 0.717) is 0 Å². The molecule has 0 amide bonds. The zero-order chi connectivity index (χ0) is 20.9. The maximum Gasteiger partial charge on any atom is 0.338 e. The number of carbonyl (C=O) groups excluding carboxylic acids is 1. The van der Waals surface area contributed by atoms with E-state index in [1.54, 1.807) is 4.68 Å². The fourth-order valence-electron chi connectivity index (χ4n) is 3.01. The van der Waals surface area contributed by atoms with Gasteiger partial charge in [0.05, 0.1) is 21.9 Å². The lowest BCUT2D eigenvalue weighted by atomic mass is 10.1. The summed E-state index contributed by atoms with van der Waals surface area (Å²) in [5.74, 6) is -0.559. The van der Waals surface area contributed by atoms with E-state index in [4.69, 9.17) is 4.74 Å². The van der Waals surface area contributed by atoms with Crippen molar-refractivity contribution in [3.63, 3.8) is 0 Å². The number of hydrogen-bond acceptors (Lipinski definition) is 5. The summed E-state index contributed by atoms with van der Waals surface area (Å²) in [6.07, 6.45) is 1.83. The van der Waals surface area contributed by atoms with Gasteiger partial charge in [0.2, 0.25) is 0 Å². The summed E-state index contributed by atoms with van der Waals surface area (Å²) < 4.78 is 7.21. The molecule has 0 radical (unpaired) electrons. The highest BCUT2D eigenvalue weighted by Crippen LogP contribution is 2.24. The summed E-state index contributed by atoms with van der Waals surface area (Å²) in [7, 11) is 0. The van der Waals surface area contributed by atoms with Crippen LogP contribution in [0.2, 0.25) is 0 Å². The second-order valence-corrected chi connectivity index (χ2v) is 6.53. The van der Waals surface area contributed by atoms with Crippen LogP contribution in [0.1, 0.15) is 15.9 Å². The van der Waals surface area contributed by atoms with Crippen LogP contribution in [0.25, 0.3) is 16.9 Å². The van der Waals surface area contributed by atoms with Gasteiger partial charge in [-0.15, -0.1) is 0 Å². The monoisotopic (exact) mass is 399 g/mol. The van der Waals surface area contributed by atoms with Crippen molar-refractivity contribution in [2.75, 3.05) is 0 Å². The van der Waals surface area contributed by atoms with Crippen molar-refractivity contribution in [2.45, 2.75) is 6.61 Å². The molecule has 0 N–H and O–H groups in total. The SMILES string of the molecule is O=C(OCc1cn(-c2ccccc2)nc1-c1ccccc1)c1ccc([N+](=O)[O-])cc1. The number of ether oxygens (including phenoxy) is 1. The number of rotatable bonds is 6. The molecule has 0 spiro atoms. The first-order valence-electron chi connectivity index (χ1n) is 9.23. The highest BCUT2D eigenvalue weighted by Gasteiger charge is 2.16. The fourth-order valence-corrected chi connectivity index (χ4v) is 3.01. The minimum atomic E-state index is -0.559. The normalized spacial score (nSPS) is 10.5. The van der Waals surface area contributed by atoms with Gasteiger partial charge in [-0.3, -0.25) is 10.1 Å². The van der Waals surface area contributed by atoms with E-state index in [9.17, 15) is 14.9 Å². The van der Waals surface area contributed by atoms with Crippen LogP contribution in [0.5, 0.6) is 0 Å². The molecule has 0 aliphatic heterocycles. The molecule has 4 rings (SSSR count). The Labute approximate surface area is 172 Å². The van der Waals surface area contributed by atoms with Crippen molar-refractivity contribution in [2.24, 2.45) is 0 Å². The van der Waals surface area contributed by atoms with E-state index in [1.165, 1.54) is 24.3 Å². The van der Waals surface area contributed by atoms with Gasteiger partial charge >= 0.3 is 5.97 Å². The number of para-hydroxylation sites is 1. The summed E-state index contributed by atoms with van der Waals surface area (Å²) >= 11 is 0. The molecule has 0 saturated heterocycles. The molecule has 0 atom stereocenters. The molecule has 7 heteroatoms. The molecule has 1 heterocycles. The van der Waals surface area contributed by atoms with E-state index in [2.05, 4.69) is 5.10 Å². The summed E-state index contributed by atoms with van der Waals surface area (Å²) in [6, 6.07) is 24.6. The standard InChI is InChI=1S/C23H17N3O4/c27-23(18-11-13-21(14-12-18)26(28)29)30-16-19-15-25(20-9-5-2-6-10-20)24-22(19)17-7-3-1-4-8-17/h1-15H,16H2. The Balaban J connectivity index is 1.59. The number of nitro groups is 1. The van der Waals surface area contributed by atoms with E-state index >= 15 is 0 Å². The van der Waals surface area contributed by atoms with E-state index in [0.717, 1.165) is 22.5 Å². The van der Waals surface area contributed by atoms with Gasteiger partial charge in [0.1, 0.15) is 6.61 Å². The zero-order valence-electron chi connectivity index (χ0n) is 15.8. The average Bonchev–Trinajstić information content (AvgIpc) is 3.23. The predicted molar refractivity (Wildman–Crippen MR) is 111 cm³/mol. The van der Waals surface area contributed by atoms with Crippen LogP contribution in [0.4, 0.5) is 5.69 Å². The van der Waals surface area contributed by atoms with Crippen molar-refractivity contribution in [3.05, 3.63) is 112 Å². The van der Waals surface area contributed by atoms with Crippen LogP contribution in [0.3, 0.4) is 0 Å². The third-order valence-electron chi connectivity index (χ3n) is 4.53. The topological polar surface area (TPSA) is 87.3 Å².